The molecular formula is C19H23NO2. The van der Waals surface area contributed by atoms with Gasteiger partial charge >= 0.3 is 0 Å². The second-order valence-corrected chi connectivity index (χ2v) is 5.93. The number of aliphatic hydroxyl groups is 1. The predicted octanol–water partition coefficient (Wildman–Crippen LogP) is 2.70. The maximum atomic E-state index is 9.62. The largest absolute Gasteiger partial charge is 0.395 e. The quantitative estimate of drug-likeness (QED) is 0.853. The van der Waals surface area contributed by atoms with Crippen molar-refractivity contribution in [2.24, 2.45) is 5.92 Å². The highest BCUT2D eigenvalue weighted by Crippen LogP contribution is 2.27. The number of nitrogens with zero attached hydrogens (tertiary/aromatic N) is 1. The van der Waals surface area contributed by atoms with Crippen molar-refractivity contribution < 1.29 is 9.84 Å². The smallest absolute Gasteiger partial charge is 0.0717 e. The molecule has 3 nitrogen and oxygen atoms in total. The summed E-state index contributed by atoms with van der Waals surface area (Å²) in [5.41, 5.74) is 2.49. The van der Waals surface area contributed by atoms with E-state index >= 15 is 0 Å². The molecule has 2 atom stereocenters. The number of aliphatic hydroxyl groups excluding tert-OH is 1. The maximum absolute atomic E-state index is 9.62. The summed E-state index contributed by atoms with van der Waals surface area (Å²) in [6.45, 7) is 3.46. The number of benzene rings is 2. The number of hydrogen-bond acceptors (Lipinski definition) is 3. The molecule has 0 spiro atoms. The third-order valence-electron chi connectivity index (χ3n) is 4.34. The minimum Gasteiger partial charge on any atom is -0.395 e. The Morgan fingerprint density at radius 2 is 1.59 bits per heavy atom. The van der Waals surface area contributed by atoms with E-state index in [1.807, 2.05) is 24.3 Å². The summed E-state index contributed by atoms with van der Waals surface area (Å²) in [6.07, 6.45) is 0. The van der Waals surface area contributed by atoms with Crippen LogP contribution in [0.4, 0.5) is 0 Å². The monoisotopic (exact) mass is 297 g/mol. The highest BCUT2D eigenvalue weighted by molar-refractivity contribution is 5.15. The van der Waals surface area contributed by atoms with Gasteiger partial charge in [-0.05, 0) is 11.1 Å². The van der Waals surface area contributed by atoms with Crippen LogP contribution < -0.4 is 0 Å². The summed E-state index contributed by atoms with van der Waals surface area (Å²) in [5.74, 6) is 0.428. The van der Waals surface area contributed by atoms with Crippen LogP contribution in [-0.2, 0) is 17.9 Å². The zero-order valence-corrected chi connectivity index (χ0v) is 12.8. The average molecular weight is 297 g/mol. The normalized spacial score (nSPS) is 21.5. The second kappa shape index (κ2) is 7.54. The standard InChI is InChI=1S/C19H23NO2/c21-13-19-18(15-22-14-17-9-5-2-6-10-17)12-20(19)11-16-7-3-1-4-8-16/h1-10,18-19,21H,11-15H2/t18-,19-/m1/s1. The van der Waals surface area contributed by atoms with Crippen LogP contribution in [-0.4, -0.2) is 35.8 Å². The first kappa shape index (κ1) is 15.2. The van der Waals surface area contributed by atoms with Gasteiger partial charge in [-0.15, -0.1) is 0 Å². The zero-order chi connectivity index (χ0) is 15.2. The molecular weight excluding hydrogens is 274 g/mol. The Labute approximate surface area is 132 Å². The minimum atomic E-state index is 0.201. The fourth-order valence-corrected chi connectivity index (χ4v) is 3.05. The van der Waals surface area contributed by atoms with Crippen LogP contribution in [0.1, 0.15) is 11.1 Å². The van der Waals surface area contributed by atoms with Crippen molar-refractivity contribution in [2.45, 2.75) is 19.2 Å². The number of rotatable bonds is 7. The van der Waals surface area contributed by atoms with Crippen LogP contribution in [0.3, 0.4) is 0 Å². The lowest BCUT2D eigenvalue weighted by Gasteiger charge is -2.47. The Balaban J connectivity index is 1.44. The average Bonchev–Trinajstić information content (AvgIpc) is 2.55. The molecule has 1 aliphatic rings. The Morgan fingerprint density at radius 1 is 0.955 bits per heavy atom. The van der Waals surface area contributed by atoms with E-state index in [4.69, 9.17) is 4.74 Å². The first-order chi connectivity index (χ1) is 10.9. The van der Waals surface area contributed by atoms with Gasteiger partial charge in [0.1, 0.15) is 0 Å². The fourth-order valence-electron chi connectivity index (χ4n) is 3.05. The third kappa shape index (κ3) is 3.74. The Bertz CT molecular complexity index is 556. The van der Waals surface area contributed by atoms with Gasteiger partial charge in [0.2, 0.25) is 0 Å². The highest BCUT2D eigenvalue weighted by atomic mass is 16.5. The van der Waals surface area contributed by atoms with E-state index < -0.39 is 0 Å². The molecule has 0 unspecified atom stereocenters. The molecule has 0 aliphatic carbocycles. The molecule has 1 N–H and O–H groups in total. The molecule has 1 saturated heterocycles. The van der Waals surface area contributed by atoms with E-state index in [9.17, 15) is 5.11 Å². The summed E-state index contributed by atoms with van der Waals surface area (Å²) < 4.78 is 5.82. The van der Waals surface area contributed by atoms with Crippen molar-refractivity contribution in [1.29, 1.82) is 0 Å². The van der Waals surface area contributed by atoms with E-state index in [0.717, 1.165) is 13.1 Å². The summed E-state index contributed by atoms with van der Waals surface area (Å²) in [5, 5.41) is 9.62. The molecule has 1 fully saturated rings. The van der Waals surface area contributed by atoms with Gasteiger partial charge in [0, 0.05) is 25.0 Å². The van der Waals surface area contributed by atoms with E-state index in [-0.39, 0.29) is 12.6 Å². The van der Waals surface area contributed by atoms with E-state index in [1.54, 1.807) is 0 Å². The summed E-state index contributed by atoms with van der Waals surface area (Å²) >= 11 is 0. The first-order valence-electron chi connectivity index (χ1n) is 7.87. The van der Waals surface area contributed by atoms with E-state index in [2.05, 4.69) is 41.3 Å². The van der Waals surface area contributed by atoms with Crippen LogP contribution in [0.15, 0.2) is 60.7 Å². The molecule has 0 radical (unpaired) electrons. The van der Waals surface area contributed by atoms with Crippen LogP contribution in [0.5, 0.6) is 0 Å². The molecule has 2 aromatic carbocycles. The fraction of sp³-hybridized carbons (Fsp3) is 0.368. The van der Waals surface area contributed by atoms with Gasteiger partial charge in [0.05, 0.1) is 19.8 Å². The third-order valence-corrected chi connectivity index (χ3v) is 4.34. The lowest BCUT2D eigenvalue weighted by molar-refractivity contribution is -0.0687. The molecule has 2 aromatic rings. The summed E-state index contributed by atoms with van der Waals surface area (Å²) in [4.78, 5) is 2.33. The molecule has 0 bridgehead atoms. The van der Waals surface area contributed by atoms with Gasteiger partial charge in [0.25, 0.3) is 0 Å². The molecule has 1 aliphatic heterocycles. The van der Waals surface area contributed by atoms with E-state index in [1.165, 1.54) is 11.1 Å². The van der Waals surface area contributed by atoms with Gasteiger partial charge in [0.15, 0.2) is 0 Å². The number of likely N-dealkylation sites (tertiary alicyclic amines) is 1. The van der Waals surface area contributed by atoms with Crippen LogP contribution in [0.2, 0.25) is 0 Å². The molecule has 3 heteroatoms. The summed E-state index contributed by atoms with van der Waals surface area (Å²) in [7, 11) is 0. The van der Waals surface area contributed by atoms with Crippen molar-refractivity contribution in [2.75, 3.05) is 19.8 Å². The number of ether oxygens (including phenoxy) is 1. The molecule has 1 heterocycles. The SMILES string of the molecule is OC[C@@H]1[C@@H](COCc2ccccc2)CN1Cc1ccccc1. The Morgan fingerprint density at radius 3 is 2.23 bits per heavy atom. The van der Waals surface area contributed by atoms with Gasteiger partial charge in [-0.25, -0.2) is 0 Å². The second-order valence-electron chi connectivity index (χ2n) is 5.93. The molecule has 0 saturated carbocycles. The molecule has 22 heavy (non-hydrogen) atoms. The zero-order valence-electron chi connectivity index (χ0n) is 12.8. The molecule has 116 valence electrons. The van der Waals surface area contributed by atoms with Crippen LogP contribution in [0.25, 0.3) is 0 Å². The van der Waals surface area contributed by atoms with Gasteiger partial charge in [-0.3, -0.25) is 4.90 Å². The topological polar surface area (TPSA) is 32.7 Å². The first-order valence-corrected chi connectivity index (χ1v) is 7.87. The minimum absolute atomic E-state index is 0.201. The van der Waals surface area contributed by atoms with Crippen LogP contribution in [0, 0.1) is 5.92 Å². The van der Waals surface area contributed by atoms with Crippen molar-refractivity contribution >= 4 is 0 Å². The van der Waals surface area contributed by atoms with Gasteiger partial charge < -0.3 is 9.84 Å². The van der Waals surface area contributed by atoms with E-state index in [0.29, 0.717) is 19.1 Å². The molecule has 0 aromatic heterocycles. The molecule has 0 amide bonds. The van der Waals surface area contributed by atoms with Gasteiger partial charge in [-0.1, -0.05) is 60.7 Å². The Kier molecular flexibility index (Phi) is 5.22. The lowest BCUT2D eigenvalue weighted by Crippen LogP contribution is -2.58. The van der Waals surface area contributed by atoms with Crippen molar-refractivity contribution in [3.63, 3.8) is 0 Å². The lowest BCUT2D eigenvalue weighted by atomic mass is 9.89. The predicted molar refractivity (Wildman–Crippen MR) is 87.3 cm³/mol. The maximum Gasteiger partial charge on any atom is 0.0717 e. The Hall–Kier alpha value is -1.68. The van der Waals surface area contributed by atoms with Crippen molar-refractivity contribution in [3.05, 3.63) is 71.8 Å². The van der Waals surface area contributed by atoms with Crippen molar-refractivity contribution in [1.82, 2.24) is 4.90 Å². The van der Waals surface area contributed by atoms with Crippen molar-refractivity contribution in [3.8, 4) is 0 Å². The highest BCUT2D eigenvalue weighted by Gasteiger charge is 2.38. The van der Waals surface area contributed by atoms with Gasteiger partial charge in [-0.2, -0.15) is 0 Å². The van der Waals surface area contributed by atoms with Crippen LogP contribution >= 0.6 is 0 Å². The molecule has 3 rings (SSSR count). The summed E-state index contributed by atoms with van der Waals surface area (Å²) in [6, 6.07) is 20.9. The number of hydrogen-bond donors (Lipinski definition) is 1.